The van der Waals surface area contributed by atoms with Crippen molar-refractivity contribution in [3.63, 3.8) is 0 Å². The molecule has 3 heteroatoms. The average molecular weight is 214 g/mol. The first-order chi connectivity index (χ1) is 6.97. The molecular formula is C12H26N2O. The van der Waals surface area contributed by atoms with E-state index in [-0.39, 0.29) is 12.1 Å². The number of rotatable bonds is 4. The van der Waals surface area contributed by atoms with Crippen LogP contribution in [-0.4, -0.2) is 59.3 Å². The molecule has 0 radical (unpaired) electrons. The van der Waals surface area contributed by atoms with Crippen LogP contribution in [0.5, 0.6) is 0 Å². The van der Waals surface area contributed by atoms with E-state index in [0.717, 1.165) is 32.6 Å². The molecule has 15 heavy (non-hydrogen) atoms. The molecule has 1 rings (SSSR count). The van der Waals surface area contributed by atoms with Gasteiger partial charge in [0.05, 0.1) is 0 Å². The van der Waals surface area contributed by atoms with Crippen molar-refractivity contribution in [1.82, 2.24) is 9.80 Å². The SMILES string of the molecule is CC(C)N1CCN(C(C)(C)CCO)CC1. The molecule has 1 heterocycles. The summed E-state index contributed by atoms with van der Waals surface area (Å²) < 4.78 is 0. The second-order valence-corrected chi connectivity index (χ2v) is 5.40. The molecule has 0 unspecified atom stereocenters. The van der Waals surface area contributed by atoms with Crippen LogP contribution in [0, 0.1) is 0 Å². The highest BCUT2D eigenvalue weighted by molar-refractivity contribution is 4.86. The molecule has 0 saturated carbocycles. The molecule has 0 aromatic carbocycles. The van der Waals surface area contributed by atoms with E-state index in [2.05, 4.69) is 37.5 Å². The Labute approximate surface area is 94.1 Å². The summed E-state index contributed by atoms with van der Waals surface area (Å²) in [6.45, 7) is 13.8. The van der Waals surface area contributed by atoms with Crippen LogP contribution < -0.4 is 0 Å². The van der Waals surface area contributed by atoms with E-state index in [9.17, 15) is 0 Å². The molecular weight excluding hydrogens is 188 g/mol. The predicted octanol–water partition coefficient (Wildman–Crippen LogP) is 1.17. The molecule has 1 fully saturated rings. The highest BCUT2D eigenvalue weighted by Crippen LogP contribution is 2.20. The van der Waals surface area contributed by atoms with Crippen molar-refractivity contribution in [2.75, 3.05) is 32.8 Å². The minimum absolute atomic E-state index is 0.151. The fourth-order valence-corrected chi connectivity index (χ4v) is 2.28. The third kappa shape index (κ3) is 3.44. The number of hydrogen-bond donors (Lipinski definition) is 1. The summed E-state index contributed by atoms with van der Waals surface area (Å²) in [5, 5.41) is 9.04. The van der Waals surface area contributed by atoms with Gasteiger partial charge in [0.15, 0.2) is 0 Å². The lowest BCUT2D eigenvalue weighted by molar-refractivity contribution is 0.0274. The lowest BCUT2D eigenvalue weighted by Gasteiger charge is -2.45. The zero-order valence-corrected chi connectivity index (χ0v) is 10.7. The molecule has 0 bridgehead atoms. The average Bonchev–Trinajstić information content (AvgIpc) is 2.18. The third-order valence-electron chi connectivity index (χ3n) is 3.62. The lowest BCUT2D eigenvalue weighted by Crippen LogP contribution is -2.56. The summed E-state index contributed by atoms with van der Waals surface area (Å²) >= 11 is 0. The number of hydrogen-bond acceptors (Lipinski definition) is 3. The summed E-state index contributed by atoms with van der Waals surface area (Å²) in [5.41, 5.74) is 0.151. The topological polar surface area (TPSA) is 26.7 Å². The molecule has 3 nitrogen and oxygen atoms in total. The van der Waals surface area contributed by atoms with Gasteiger partial charge in [-0.25, -0.2) is 0 Å². The lowest BCUT2D eigenvalue weighted by atomic mass is 9.97. The van der Waals surface area contributed by atoms with Gasteiger partial charge in [0.2, 0.25) is 0 Å². The zero-order chi connectivity index (χ0) is 11.5. The van der Waals surface area contributed by atoms with E-state index in [1.54, 1.807) is 0 Å². The van der Waals surface area contributed by atoms with E-state index >= 15 is 0 Å². The summed E-state index contributed by atoms with van der Waals surface area (Å²) in [5.74, 6) is 0. The van der Waals surface area contributed by atoms with Crippen molar-refractivity contribution in [2.24, 2.45) is 0 Å². The van der Waals surface area contributed by atoms with Gasteiger partial charge in [-0.15, -0.1) is 0 Å². The highest BCUT2D eigenvalue weighted by Gasteiger charge is 2.29. The minimum Gasteiger partial charge on any atom is -0.396 e. The number of piperazine rings is 1. The largest absolute Gasteiger partial charge is 0.396 e. The monoisotopic (exact) mass is 214 g/mol. The first kappa shape index (κ1) is 12.9. The second-order valence-electron chi connectivity index (χ2n) is 5.40. The van der Waals surface area contributed by atoms with Crippen molar-refractivity contribution in [3.8, 4) is 0 Å². The van der Waals surface area contributed by atoms with Gasteiger partial charge in [0, 0.05) is 44.4 Å². The Morgan fingerprint density at radius 2 is 1.67 bits per heavy atom. The number of aliphatic hydroxyl groups is 1. The van der Waals surface area contributed by atoms with Crippen molar-refractivity contribution < 1.29 is 5.11 Å². The van der Waals surface area contributed by atoms with E-state index in [1.165, 1.54) is 0 Å². The van der Waals surface area contributed by atoms with Gasteiger partial charge in [0.25, 0.3) is 0 Å². The van der Waals surface area contributed by atoms with Crippen LogP contribution in [0.15, 0.2) is 0 Å². The smallest absolute Gasteiger partial charge is 0.0448 e. The predicted molar refractivity (Wildman–Crippen MR) is 64.1 cm³/mol. The van der Waals surface area contributed by atoms with Gasteiger partial charge in [-0.2, -0.15) is 0 Å². The zero-order valence-electron chi connectivity index (χ0n) is 10.7. The molecule has 0 spiro atoms. The van der Waals surface area contributed by atoms with E-state index in [1.807, 2.05) is 0 Å². The van der Waals surface area contributed by atoms with Crippen molar-refractivity contribution in [2.45, 2.75) is 45.7 Å². The van der Waals surface area contributed by atoms with Crippen molar-refractivity contribution >= 4 is 0 Å². The van der Waals surface area contributed by atoms with Crippen LogP contribution in [0.4, 0.5) is 0 Å². The molecule has 0 aromatic heterocycles. The van der Waals surface area contributed by atoms with Gasteiger partial charge in [-0.1, -0.05) is 0 Å². The number of nitrogens with zero attached hydrogens (tertiary/aromatic N) is 2. The van der Waals surface area contributed by atoms with Gasteiger partial charge in [-0.05, 0) is 34.1 Å². The maximum absolute atomic E-state index is 9.04. The van der Waals surface area contributed by atoms with E-state index in [4.69, 9.17) is 5.11 Å². The summed E-state index contributed by atoms with van der Waals surface area (Å²) in [6.07, 6.45) is 0.870. The Kier molecular flexibility index (Phi) is 4.56. The standard InChI is InChI=1S/C12H26N2O/c1-11(2)13-6-8-14(9-7-13)12(3,4)5-10-15/h11,15H,5-10H2,1-4H3. The summed E-state index contributed by atoms with van der Waals surface area (Å²) in [6, 6.07) is 0.660. The fraction of sp³-hybridized carbons (Fsp3) is 1.00. The van der Waals surface area contributed by atoms with Crippen LogP contribution in [0.25, 0.3) is 0 Å². The normalized spacial score (nSPS) is 21.2. The first-order valence-electron chi connectivity index (χ1n) is 6.07. The molecule has 1 aliphatic rings. The Morgan fingerprint density at radius 1 is 1.13 bits per heavy atom. The van der Waals surface area contributed by atoms with Gasteiger partial charge in [-0.3, -0.25) is 9.80 Å². The van der Waals surface area contributed by atoms with Crippen molar-refractivity contribution in [3.05, 3.63) is 0 Å². The maximum Gasteiger partial charge on any atom is 0.0448 e. The van der Waals surface area contributed by atoms with Gasteiger partial charge < -0.3 is 5.11 Å². The minimum atomic E-state index is 0.151. The molecule has 1 N–H and O–H groups in total. The summed E-state index contributed by atoms with van der Waals surface area (Å²) in [4.78, 5) is 5.02. The molecule has 90 valence electrons. The Hall–Kier alpha value is -0.120. The van der Waals surface area contributed by atoms with Crippen LogP contribution >= 0.6 is 0 Å². The van der Waals surface area contributed by atoms with Crippen LogP contribution in [0.3, 0.4) is 0 Å². The van der Waals surface area contributed by atoms with Crippen LogP contribution in [0.2, 0.25) is 0 Å². The summed E-state index contributed by atoms with van der Waals surface area (Å²) in [7, 11) is 0. The van der Waals surface area contributed by atoms with Crippen LogP contribution in [-0.2, 0) is 0 Å². The molecule has 0 aliphatic carbocycles. The Balaban J connectivity index is 2.43. The Morgan fingerprint density at radius 3 is 2.07 bits per heavy atom. The van der Waals surface area contributed by atoms with Gasteiger partial charge in [0.1, 0.15) is 0 Å². The molecule has 1 aliphatic heterocycles. The van der Waals surface area contributed by atoms with Gasteiger partial charge >= 0.3 is 0 Å². The fourth-order valence-electron chi connectivity index (χ4n) is 2.28. The van der Waals surface area contributed by atoms with E-state index in [0.29, 0.717) is 6.04 Å². The second kappa shape index (κ2) is 5.28. The molecule has 0 aromatic rings. The molecule has 1 saturated heterocycles. The van der Waals surface area contributed by atoms with Crippen molar-refractivity contribution in [1.29, 1.82) is 0 Å². The highest BCUT2D eigenvalue weighted by atomic mass is 16.3. The Bertz CT molecular complexity index is 184. The molecule has 0 amide bonds. The third-order valence-corrected chi connectivity index (χ3v) is 3.62. The molecule has 0 atom stereocenters. The van der Waals surface area contributed by atoms with E-state index < -0.39 is 0 Å². The number of aliphatic hydroxyl groups excluding tert-OH is 1. The maximum atomic E-state index is 9.04. The quantitative estimate of drug-likeness (QED) is 0.761. The van der Waals surface area contributed by atoms with Crippen LogP contribution in [0.1, 0.15) is 34.1 Å². The first-order valence-corrected chi connectivity index (χ1v) is 6.07.